The molecule has 0 saturated carbocycles. The van der Waals surface area contributed by atoms with Crippen LogP contribution in [0.2, 0.25) is 0 Å². The molecule has 0 atom stereocenters. The molecule has 1 saturated heterocycles. The molecule has 9 heteroatoms. The van der Waals surface area contributed by atoms with Crippen molar-refractivity contribution in [2.24, 2.45) is 5.92 Å². The number of hydrogen-bond acceptors (Lipinski definition) is 6. The van der Waals surface area contributed by atoms with Gasteiger partial charge in [0.15, 0.2) is 4.77 Å². The summed E-state index contributed by atoms with van der Waals surface area (Å²) in [5.41, 5.74) is -0.300. The highest BCUT2D eigenvalue weighted by atomic mass is 32.1. The molecule has 1 aliphatic rings. The molecule has 1 fully saturated rings. The number of H-pyrrole nitrogens is 1. The number of hydrogen-bond donors (Lipinski definition) is 2. The first kappa shape index (κ1) is 26.2. The number of likely N-dealkylation sites (tertiary alicyclic amines) is 1. The van der Waals surface area contributed by atoms with Crippen molar-refractivity contribution in [3.05, 3.63) is 81.4 Å². The second-order valence-corrected chi connectivity index (χ2v) is 10.3. The van der Waals surface area contributed by atoms with Crippen molar-refractivity contribution >= 4 is 24.4 Å². The smallest absolute Gasteiger partial charge is 0.410 e. The zero-order valence-corrected chi connectivity index (χ0v) is 22.0. The first-order chi connectivity index (χ1) is 17.6. The molecule has 0 unspecified atom stereocenters. The lowest BCUT2D eigenvalue weighted by molar-refractivity contribution is 0.0197. The Hall–Kier alpha value is -3.85. The summed E-state index contributed by atoms with van der Waals surface area (Å²) in [6, 6.07) is 16.5. The Morgan fingerprint density at radius 3 is 2.30 bits per heavy atom. The van der Waals surface area contributed by atoms with Crippen molar-refractivity contribution < 1.29 is 19.4 Å². The van der Waals surface area contributed by atoms with Crippen molar-refractivity contribution in [2.75, 3.05) is 13.1 Å². The van der Waals surface area contributed by atoms with Crippen LogP contribution in [0.4, 0.5) is 4.79 Å². The maximum Gasteiger partial charge on any atom is 0.410 e. The van der Waals surface area contributed by atoms with Crippen LogP contribution < -0.4 is 10.3 Å². The zero-order chi connectivity index (χ0) is 26.6. The molecule has 37 heavy (non-hydrogen) atoms. The van der Waals surface area contributed by atoms with Crippen LogP contribution in [0.1, 0.15) is 39.2 Å². The maximum absolute atomic E-state index is 12.6. The average molecular weight is 522 g/mol. The summed E-state index contributed by atoms with van der Waals surface area (Å²) >= 11 is 5.33. The number of ether oxygens (including phenoxy) is 2. The quantitative estimate of drug-likeness (QED) is 0.397. The summed E-state index contributed by atoms with van der Waals surface area (Å²) in [6.07, 6.45) is 4.68. The van der Waals surface area contributed by atoms with E-state index in [9.17, 15) is 14.7 Å². The lowest BCUT2D eigenvalue weighted by Gasteiger charge is -2.32. The highest BCUT2D eigenvalue weighted by Crippen LogP contribution is 2.27. The number of aromatic amines is 1. The molecular formula is C28H31N3O5S. The molecule has 4 rings (SSSR count). The van der Waals surface area contributed by atoms with Gasteiger partial charge in [-0.3, -0.25) is 14.3 Å². The van der Waals surface area contributed by atoms with Gasteiger partial charge in [-0.15, -0.1) is 0 Å². The number of benzene rings is 2. The minimum Gasteiger partial charge on any atom is -0.494 e. The molecule has 1 aromatic heterocycles. The van der Waals surface area contributed by atoms with E-state index >= 15 is 0 Å². The molecule has 0 bridgehead atoms. The fourth-order valence-electron chi connectivity index (χ4n) is 4.05. The second-order valence-electron chi connectivity index (χ2n) is 9.90. The van der Waals surface area contributed by atoms with E-state index < -0.39 is 11.2 Å². The monoisotopic (exact) mass is 521 g/mol. The van der Waals surface area contributed by atoms with Gasteiger partial charge in [0.25, 0.3) is 5.56 Å². The van der Waals surface area contributed by atoms with Crippen LogP contribution in [0.15, 0.2) is 65.5 Å². The van der Waals surface area contributed by atoms with Gasteiger partial charge in [-0.25, -0.2) is 4.79 Å². The molecule has 2 aromatic carbocycles. The normalized spacial score (nSPS) is 14.6. The van der Waals surface area contributed by atoms with Gasteiger partial charge < -0.3 is 19.5 Å². The Morgan fingerprint density at radius 1 is 1.05 bits per heavy atom. The van der Waals surface area contributed by atoms with E-state index in [0.717, 1.165) is 12.8 Å². The number of rotatable bonds is 5. The van der Waals surface area contributed by atoms with Crippen molar-refractivity contribution in [1.82, 2.24) is 14.5 Å². The molecule has 2 heterocycles. The van der Waals surface area contributed by atoms with E-state index in [0.29, 0.717) is 30.3 Å². The second kappa shape index (κ2) is 11.0. The van der Waals surface area contributed by atoms with Gasteiger partial charge in [-0.05, 0) is 94.2 Å². The Labute approximate surface area is 220 Å². The van der Waals surface area contributed by atoms with Crippen molar-refractivity contribution in [3.8, 4) is 23.1 Å². The first-order valence-corrected chi connectivity index (χ1v) is 12.6. The number of nitrogens with zero attached hydrogens (tertiary/aromatic N) is 2. The summed E-state index contributed by atoms with van der Waals surface area (Å²) in [5.74, 6) is 1.25. The number of carbonyl (C=O) groups excluding carboxylic acids is 1. The van der Waals surface area contributed by atoms with Crippen LogP contribution in [-0.4, -0.2) is 44.3 Å². The van der Waals surface area contributed by atoms with Gasteiger partial charge in [-0.1, -0.05) is 24.3 Å². The highest BCUT2D eigenvalue weighted by Gasteiger charge is 2.26. The molecule has 0 radical (unpaired) electrons. The Morgan fingerprint density at radius 2 is 1.68 bits per heavy atom. The molecule has 8 nitrogen and oxygen atoms in total. The van der Waals surface area contributed by atoms with E-state index in [1.54, 1.807) is 35.2 Å². The molecule has 0 spiro atoms. The third-order valence-electron chi connectivity index (χ3n) is 5.92. The standard InChI is InChI=1S/C28H31N3O5S/c1-28(2,3)36-27(34)30-17-15-19(16-18-30)9-14-23-24(32)29-26(37)31(25(23)33)20-10-12-22(13-11-20)35-21-7-5-4-6-8-21/h4-14,19,33H,15-18H2,1-3H3,(H,29,32,37). The molecule has 194 valence electrons. The van der Waals surface area contributed by atoms with Crippen LogP contribution in [0.3, 0.4) is 0 Å². The van der Waals surface area contributed by atoms with Crippen LogP contribution in [0, 0.1) is 10.7 Å². The third kappa shape index (κ3) is 6.68. The minimum absolute atomic E-state index is 0.0852. The van der Waals surface area contributed by atoms with E-state index in [4.69, 9.17) is 21.7 Å². The summed E-state index contributed by atoms with van der Waals surface area (Å²) < 4.78 is 12.8. The summed E-state index contributed by atoms with van der Waals surface area (Å²) in [7, 11) is 0. The lowest BCUT2D eigenvalue weighted by atomic mass is 9.96. The van der Waals surface area contributed by atoms with Gasteiger partial charge in [0.05, 0.1) is 11.3 Å². The fraction of sp³-hybridized carbons (Fsp3) is 0.321. The number of piperidine rings is 1. The van der Waals surface area contributed by atoms with Crippen LogP contribution in [-0.2, 0) is 4.74 Å². The third-order valence-corrected chi connectivity index (χ3v) is 6.21. The molecule has 2 N–H and O–H groups in total. The Balaban J connectivity index is 1.48. The van der Waals surface area contributed by atoms with Gasteiger partial charge in [-0.2, -0.15) is 0 Å². The lowest BCUT2D eigenvalue weighted by Crippen LogP contribution is -2.41. The van der Waals surface area contributed by atoms with Crippen LogP contribution >= 0.6 is 12.2 Å². The van der Waals surface area contributed by atoms with E-state index in [2.05, 4.69) is 4.98 Å². The topological polar surface area (TPSA) is 96.8 Å². The van der Waals surface area contributed by atoms with Gasteiger partial charge >= 0.3 is 6.09 Å². The number of allylic oxidation sites excluding steroid dienone is 1. The first-order valence-electron chi connectivity index (χ1n) is 12.2. The predicted molar refractivity (Wildman–Crippen MR) is 145 cm³/mol. The van der Waals surface area contributed by atoms with Gasteiger partial charge in [0, 0.05) is 13.1 Å². The van der Waals surface area contributed by atoms with Crippen molar-refractivity contribution in [3.63, 3.8) is 0 Å². The fourth-order valence-corrected chi connectivity index (χ4v) is 4.33. The van der Waals surface area contributed by atoms with E-state index in [-0.39, 0.29) is 28.2 Å². The van der Waals surface area contributed by atoms with Crippen molar-refractivity contribution in [1.29, 1.82) is 0 Å². The van der Waals surface area contributed by atoms with Crippen molar-refractivity contribution in [2.45, 2.75) is 39.2 Å². The minimum atomic E-state index is -0.534. The van der Waals surface area contributed by atoms with Gasteiger partial charge in [0.1, 0.15) is 17.1 Å². The molecule has 3 aromatic rings. The van der Waals surface area contributed by atoms with Gasteiger partial charge in [0.2, 0.25) is 5.88 Å². The van der Waals surface area contributed by atoms with Crippen LogP contribution in [0.25, 0.3) is 11.8 Å². The molecule has 0 aliphatic carbocycles. The maximum atomic E-state index is 12.6. The molecule has 1 aliphatic heterocycles. The molecular weight excluding hydrogens is 490 g/mol. The zero-order valence-electron chi connectivity index (χ0n) is 21.1. The summed E-state index contributed by atoms with van der Waals surface area (Å²) in [4.78, 5) is 29.2. The molecule has 1 amide bonds. The SMILES string of the molecule is CC(C)(C)OC(=O)N1CCC(C=Cc2c(O)n(-c3ccc(Oc4ccccc4)cc3)c(=S)[nH]c2=O)CC1. The van der Waals surface area contributed by atoms with E-state index in [1.807, 2.05) is 57.2 Å². The number of para-hydroxylation sites is 1. The number of amides is 1. The predicted octanol–water partition coefficient (Wildman–Crippen LogP) is 6.05. The summed E-state index contributed by atoms with van der Waals surface area (Å²) in [5, 5.41) is 11.0. The number of carbonyl (C=O) groups is 1. The number of aromatic hydroxyl groups is 1. The van der Waals surface area contributed by atoms with E-state index in [1.165, 1.54) is 4.57 Å². The Kier molecular flexibility index (Phi) is 7.83. The average Bonchev–Trinajstić information content (AvgIpc) is 2.85. The number of nitrogens with one attached hydrogen (secondary N) is 1. The number of aromatic nitrogens is 2. The largest absolute Gasteiger partial charge is 0.494 e. The summed E-state index contributed by atoms with van der Waals surface area (Å²) in [6.45, 7) is 6.66. The Bertz CT molecular complexity index is 1380. The highest BCUT2D eigenvalue weighted by molar-refractivity contribution is 7.71. The van der Waals surface area contributed by atoms with Crippen LogP contribution in [0.5, 0.6) is 17.4 Å².